The van der Waals surface area contributed by atoms with E-state index in [0.717, 1.165) is 33.6 Å². The lowest BCUT2D eigenvalue weighted by molar-refractivity contribution is -0.132. The van der Waals surface area contributed by atoms with Crippen LogP contribution < -0.4 is 9.64 Å². The summed E-state index contributed by atoms with van der Waals surface area (Å²) in [6.45, 7) is 0.968. The number of rotatable bonds is 4. The van der Waals surface area contributed by atoms with Crippen LogP contribution in [0.25, 0.3) is 11.1 Å². The number of pyridine rings is 1. The molecule has 5 rings (SSSR count). The van der Waals surface area contributed by atoms with Gasteiger partial charge < -0.3 is 9.64 Å². The molecule has 0 aliphatic carbocycles. The number of nitrogens with zero attached hydrogens (tertiary/aromatic N) is 3. The highest BCUT2D eigenvalue weighted by molar-refractivity contribution is 14.1. The zero-order valence-corrected chi connectivity index (χ0v) is 20.1. The quantitative estimate of drug-likeness (QED) is 0.449. The van der Waals surface area contributed by atoms with E-state index in [4.69, 9.17) is 4.74 Å². The zero-order valence-electron chi connectivity index (χ0n) is 18.0. The maximum absolute atomic E-state index is 13.6. The van der Waals surface area contributed by atoms with Gasteiger partial charge in [0.25, 0.3) is 0 Å². The summed E-state index contributed by atoms with van der Waals surface area (Å²) in [4.78, 5) is 33.6. The second kappa shape index (κ2) is 8.74. The fourth-order valence-corrected chi connectivity index (χ4v) is 4.85. The van der Waals surface area contributed by atoms with Crippen LogP contribution in [-0.4, -0.2) is 35.4 Å². The molecule has 0 atom stereocenters. The van der Waals surface area contributed by atoms with E-state index in [9.17, 15) is 14.0 Å². The lowest BCUT2D eigenvalue weighted by Crippen LogP contribution is -2.43. The molecule has 0 saturated carbocycles. The third kappa shape index (κ3) is 4.19. The minimum absolute atomic E-state index is 0.0439. The van der Waals surface area contributed by atoms with Crippen molar-refractivity contribution >= 4 is 40.2 Å². The summed E-state index contributed by atoms with van der Waals surface area (Å²) in [5.74, 6) is 0.803. The summed E-state index contributed by atoms with van der Waals surface area (Å²) in [6, 6.07) is 12.7. The fourth-order valence-electron chi connectivity index (χ4n) is 4.33. The highest BCUT2D eigenvalue weighted by Crippen LogP contribution is 2.32. The van der Waals surface area contributed by atoms with E-state index >= 15 is 0 Å². The van der Waals surface area contributed by atoms with Gasteiger partial charge in [-0.3, -0.25) is 14.5 Å². The van der Waals surface area contributed by atoms with Crippen LogP contribution >= 0.6 is 22.6 Å². The van der Waals surface area contributed by atoms with E-state index < -0.39 is 0 Å². The Hall–Kier alpha value is -3.01. The van der Waals surface area contributed by atoms with E-state index in [1.165, 1.54) is 11.0 Å². The topological polar surface area (TPSA) is 62.7 Å². The van der Waals surface area contributed by atoms with Crippen molar-refractivity contribution in [3.63, 3.8) is 0 Å². The van der Waals surface area contributed by atoms with Crippen LogP contribution in [0.15, 0.2) is 48.7 Å². The van der Waals surface area contributed by atoms with Crippen molar-refractivity contribution in [1.82, 2.24) is 9.88 Å². The van der Waals surface area contributed by atoms with Gasteiger partial charge in [-0.1, -0.05) is 12.1 Å². The van der Waals surface area contributed by atoms with Crippen molar-refractivity contribution in [3.05, 3.63) is 74.7 Å². The van der Waals surface area contributed by atoms with Gasteiger partial charge in [0.1, 0.15) is 23.9 Å². The van der Waals surface area contributed by atoms with Gasteiger partial charge in [-0.15, -0.1) is 0 Å². The summed E-state index contributed by atoms with van der Waals surface area (Å²) >= 11 is 1.96. The number of fused-ring (bicyclic) bond motifs is 2. The Morgan fingerprint density at radius 1 is 1.06 bits per heavy atom. The number of ether oxygens (including phenoxy) is 1. The third-order valence-corrected chi connectivity index (χ3v) is 6.97. The standard InChI is InChI=1S/C25H21FIN3O3/c1-33-20-5-2-17-12-29(13-19(17)9-20)24(32)14-30-23(31)7-4-16-8-18(11-28-25(16)30)15-3-6-21(26)22(27)10-15/h2-3,5-6,8-11H,4,7,12-14H2,1H3. The van der Waals surface area contributed by atoms with Crippen molar-refractivity contribution in [2.24, 2.45) is 0 Å². The molecular formula is C25H21FIN3O3. The molecule has 0 radical (unpaired) electrons. The smallest absolute Gasteiger partial charge is 0.243 e. The SMILES string of the molecule is COc1ccc2c(c1)CN(C(=O)CN1C(=O)CCc3cc(-c4ccc(F)c(I)c4)cnc31)C2. The van der Waals surface area contributed by atoms with Crippen LogP contribution in [0.4, 0.5) is 10.2 Å². The predicted molar refractivity (Wildman–Crippen MR) is 130 cm³/mol. The molecule has 0 bridgehead atoms. The normalized spacial score (nSPS) is 14.8. The Kier molecular flexibility index (Phi) is 5.77. The van der Waals surface area contributed by atoms with Crippen molar-refractivity contribution in [3.8, 4) is 16.9 Å². The monoisotopic (exact) mass is 557 g/mol. The number of benzene rings is 2. The van der Waals surface area contributed by atoms with Crippen LogP contribution in [0.3, 0.4) is 0 Å². The molecule has 0 unspecified atom stereocenters. The summed E-state index contributed by atoms with van der Waals surface area (Å²) in [5.41, 5.74) is 4.78. The van der Waals surface area contributed by atoms with E-state index in [1.807, 2.05) is 46.9 Å². The van der Waals surface area contributed by atoms with Crippen LogP contribution in [-0.2, 0) is 29.1 Å². The number of aryl methyl sites for hydroxylation is 1. The summed E-state index contributed by atoms with van der Waals surface area (Å²) in [6.07, 6.45) is 2.56. The Morgan fingerprint density at radius 3 is 2.67 bits per heavy atom. The number of halogens is 2. The maximum Gasteiger partial charge on any atom is 0.243 e. The second-order valence-electron chi connectivity index (χ2n) is 8.20. The summed E-state index contributed by atoms with van der Waals surface area (Å²) in [5, 5.41) is 0. The number of anilines is 1. The molecule has 33 heavy (non-hydrogen) atoms. The maximum atomic E-state index is 13.6. The molecule has 0 fully saturated rings. The van der Waals surface area contributed by atoms with E-state index in [2.05, 4.69) is 4.98 Å². The minimum atomic E-state index is -0.261. The molecule has 168 valence electrons. The molecule has 0 N–H and O–H groups in total. The summed E-state index contributed by atoms with van der Waals surface area (Å²) in [7, 11) is 1.62. The van der Waals surface area contributed by atoms with Gasteiger partial charge in [0, 0.05) is 34.8 Å². The predicted octanol–water partition coefficient (Wildman–Crippen LogP) is 4.32. The van der Waals surface area contributed by atoms with Crippen molar-refractivity contribution in [2.45, 2.75) is 25.9 Å². The highest BCUT2D eigenvalue weighted by Gasteiger charge is 2.31. The van der Waals surface area contributed by atoms with Gasteiger partial charge >= 0.3 is 0 Å². The molecule has 2 aliphatic rings. The van der Waals surface area contributed by atoms with Crippen molar-refractivity contribution in [1.29, 1.82) is 0 Å². The van der Waals surface area contributed by atoms with Gasteiger partial charge in [0.15, 0.2) is 0 Å². The average molecular weight is 557 g/mol. The second-order valence-corrected chi connectivity index (χ2v) is 9.36. The number of hydrogen-bond donors (Lipinski definition) is 0. The number of hydrogen-bond acceptors (Lipinski definition) is 4. The molecule has 3 aromatic rings. The van der Waals surface area contributed by atoms with Gasteiger partial charge in [0.05, 0.1) is 7.11 Å². The molecule has 2 aromatic carbocycles. The molecule has 1 aromatic heterocycles. The summed E-state index contributed by atoms with van der Waals surface area (Å²) < 4.78 is 19.5. The number of carbonyl (C=O) groups excluding carboxylic acids is 2. The van der Waals surface area contributed by atoms with Crippen molar-refractivity contribution in [2.75, 3.05) is 18.6 Å². The average Bonchev–Trinajstić information content (AvgIpc) is 3.26. The molecule has 3 heterocycles. The van der Waals surface area contributed by atoms with Gasteiger partial charge in [-0.2, -0.15) is 0 Å². The third-order valence-electron chi connectivity index (χ3n) is 6.14. The van der Waals surface area contributed by atoms with Crippen molar-refractivity contribution < 1.29 is 18.7 Å². The van der Waals surface area contributed by atoms with Crippen LogP contribution in [0, 0.1) is 9.39 Å². The zero-order chi connectivity index (χ0) is 23.1. The molecule has 6 nitrogen and oxygen atoms in total. The van der Waals surface area contributed by atoms with E-state index in [0.29, 0.717) is 35.3 Å². The van der Waals surface area contributed by atoms with Gasteiger partial charge in [-0.05, 0) is 81.6 Å². The largest absolute Gasteiger partial charge is 0.497 e. The van der Waals surface area contributed by atoms with Crippen LogP contribution in [0.1, 0.15) is 23.1 Å². The van der Waals surface area contributed by atoms with Crippen LogP contribution in [0.5, 0.6) is 5.75 Å². The first kappa shape index (κ1) is 21.8. The highest BCUT2D eigenvalue weighted by atomic mass is 127. The molecule has 2 aliphatic heterocycles. The molecular weight excluding hydrogens is 536 g/mol. The Balaban J connectivity index is 1.36. The Morgan fingerprint density at radius 2 is 1.88 bits per heavy atom. The van der Waals surface area contributed by atoms with Gasteiger partial charge in [0.2, 0.25) is 11.8 Å². The first-order valence-corrected chi connectivity index (χ1v) is 11.7. The van der Waals surface area contributed by atoms with Gasteiger partial charge in [-0.25, -0.2) is 9.37 Å². The number of methoxy groups -OCH3 is 1. The van der Waals surface area contributed by atoms with Crippen LogP contribution in [0.2, 0.25) is 0 Å². The Labute approximate surface area is 204 Å². The van der Waals surface area contributed by atoms with E-state index in [-0.39, 0.29) is 24.2 Å². The first-order valence-electron chi connectivity index (χ1n) is 10.6. The number of aromatic nitrogens is 1. The lowest BCUT2D eigenvalue weighted by Gasteiger charge is -2.29. The molecule has 0 saturated heterocycles. The minimum Gasteiger partial charge on any atom is -0.497 e. The lowest BCUT2D eigenvalue weighted by atomic mass is 10.00. The van der Waals surface area contributed by atoms with E-state index in [1.54, 1.807) is 30.3 Å². The molecule has 8 heteroatoms. The Bertz CT molecular complexity index is 1280. The fraction of sp³-hybridized carbons (Fsp3) is 0.240. The molecule has 0 spiro atoms. The number of carbonyl (C=O) groups is 2. The molecule has 2 amide bonds. The first-order chi connectivity index (χ1) is 15.9. The number of amides is 2.